The molecule has 1 N–H and O–H groups in total. The quantitative estimate of drug-likeness (QED) is 0.0497. The van der Waals surface area contributed by atoms with E-state index in [2.05, 4.69) is 9.97 Å². The van der Waals surface area contributed by atoms with Crippen LogP contribution in [0.25, 0.3) is 22.1 Å². The van der Waals surface area contributed by atoms with E-state index in [4.69, 9.17) is 23.7 Å². The summed E-state index contributed by atoms with van der Waals surface area (Å²) in [6, 6.07) is 7.45. The van der Waals surface area contributed by atoms with Crippen LogP contribution < -0.4 is 0 Å². The van der Waals surface area contributed by atoms with Crippen molar-refractivity contribution in [3.8, 4) is 0 Å². The number of benzene rings is 2. The first-order chi connectivity index (χ1) is 37.1. The van der Waals surface area contributed by atoms with Crippen molar-refractivity contribution in [3.63, 3.8) is 0 Å². The third-order valence-electron chi connectivity index (χ3n) is 13.3. The van der Waals surface area contributed by atoms with Crippen molar-refractivity contribution < 1.29 is 66.3 Å². The number of esters is 1. The van der Waals surface area contributed by atoms with E-state index >= 15 is 0 Å². The van der Waals surface area contributed by atoms with E-state index in [0.717, 1.165) is 12.8 Å². The van der Waals surface area contributed by atoms with E-state index in [1.54, 1.807) is 86.8 Å². The molecule has 6 rings (SSSR count). The second-order valence-corrected chi connectivity index (χ2v) is 23.3. The van der Waals surface area contributed by atoms with E-state index in [1.807, 2.05) is 27.7 Å². The van der Waals surface area contributed by atoms with Gasteiger partial charge in [0.25, 0.3) is 11.8 Å². The molecule has 2 aromatic carbocycles. The van der Waals surface area contributed by atoms with E-state index in [0.29, 0.717) is 80.7 Å². The van der Waals surface area contributed by atoms with Crippen LogP contribution in [0.5, 0.6) is 0 Å². The summed E-state index contributed by atoms with van der Waals surface area (Å²) < 4.78 is 58.4. The fraction of sp³-hybridized carbons (Fsp3) is 0.649. The highest BCUT2D eigenvalue weighted by molar-refractivity contribution is 5.96. The maximum atomic E-state index is 14.3. The Bertz CT molecular complexity index is 2730. The first-order valence-electron chi connectivity index (χ1n) is 27.3. The number of unbranched alkanes of at least 4 members (excludes halogenated alkanes) is 2. The van der Waals surface area contributed by atoms with Crippen LogP contribution in [0.3, 0.4) is 0 Å². The Labute approximate surface area is 463 Å². The molecule has 0 saturated carbocycles. The number of carbonyl (C=O) groups excluding carboxylic acids is 5. The number of methoxy groups -OCH3 is 3. The average molecular weight is 1110 g/mol. The Balaban J connectivity index is 0.000000291. The highest BCUT2D eigenvalue weighted by Crippen LogP contribution is 2.30. The minimum atomic E-state index is -1.04. The number of carbonyl (C=O) groups is 6. The molecule has 79 heavy (non-hydrogen) atoms. The van der Waals surface area contributed by atoms with Gasteiger partial charge in [-0.2, -0.15) is 0 Å². The Hall–Kier alpha value is -6.42. The summed E-state index contributed by atoms with van der Waals surface area (Å²) in [5, 5.41) is 9.87. The van der Waals surface area contributed by atoms with Crippen LogP contribution in [0, 0.1) is 35.3 Å². The molecule has 0 bridgehead atoms. The number of carboxylic acid groups (broad SMARTS) is 1. The summed E-state index contributed by atoms with van der Waals surface area (Å²) in [4.78, 5) is 94.5. The molecule has 2 saturated heterocycles. The maximum absolute atomic E-state index is 14.3. The van der Waals surface area contributed by atoms with Crippen LogP contribution in [0.1, 0.15) is 129 Å². The van der Waals surface area contributed by atoms with Gasteiger partial charge in [-0.25, -0.2) is 28.3 Å². The zero-order valence-corrected chi connectivity index (χ0v) is 48.5. The molecule has 0 unspecified atom stereocenters. The van der Waals surface area contributed by atoms with Crippen LogP contribution in [0.2, 0.25) is 0 Å². The Morgan fingerprint density at radius 3 is 1.37 bits per heavy atom. The maximum Gasteiger partial charge on any atom is 0.410 e. The zero-order chi connectivity index (χ0) is 58.5. The molecule has 4 heterocycles. The van der Waals surface area contributed by atoms with E-state index in [9.17, 15) is 42.7 Å². The molecule has 4 amide bonds. The summed E-state index contributed by atoms with van der Waals surface area (Å²) in [6.45, 7) is 21.7. The predicted molar refractivity (Wildman–Crippen MR) is 292 cm³/mol. The molecule has 0 radical (unpaired) electrons. The number of piperidine rings is 2. The number of aromatic nitrogens is 4. The number of likely N-dealkylation sites (tertiary alicyclic amines) is 2. The van der Waals surface area contributed by atoms with Gasteiger partial charge in [0, 0.05) is 79.8 Å². The van der Waals surface area contributed by atoms with Crippen molar-refractivity contribution in [2.24, 2.45) is 23.7 Å². The topological polar surface area (TPSA) is 217 Å². The summed E-state index contributed by atoms with van der Waals surface area (Å²) in [5.74, 6) is -4.02. The monoisotopic (exact) mass is 1110 g/mol. The van der Waals surface area contributed by atoms with Crippen molar-refractivity contribution in [2.75, 3.05) is 73.8 Å². The molecule has 2 aromatic heterocycles. The lowest BCUT2D eigenvalue weighted by Gasteiger charge is -2.42. The summed E-state index contributed by atoms with van der Waals surface area (Å²) in [7, 11) is 4.56. The molecule has 22 heteroatoms. The van der Waals surface area contributed by atoms with Crippen LogP contribution >= 0.6 is 0 Å². The average Bonchev–Trinajstić information content (AvgIpc) is 4.03. The first-order valence-corrected chi connectivity index (χ1v) is 27.3. The summed E-state index contributed by atoms with van der Waals surface area (Å²) in [5.41, 5.74) is 0.602. The molecular formula is C57H84F2N8O12. The Morgan fingerprint density at radius 2 is 1.01 bits per heavy atom. The van der Waals surface area contributed by atoms with Gasteiger partial charge in [0.2, 0.25) is 0 Å². The molecule has 4 atom stereocenters. The number of rotatable bonds is 20. The SMILES string of the molecule is COCCCCn1c(C(=O)N(CC(C)C)[C@H]2C[C@@H](C(=O)O)CN(C(=O)OC(C)(C)C)C2)nc2ccc(F)cc21.COCCCCn1c(C(=O)N(CC(C)C)[C@H]2C[C@@H](C(=O)OC)CN(C(=O)OC(C)(C)C)C2)nc2ccc(F)cc21. The minimum Gasteiger partial charge on any atom is -0.481 e. The largest absolute Gasteiger partial charge is 0.481 e. The van der Waals surface area contributed by atoms with Crippen molar-refractivity contribution in [3.05, 3.63) is 59.7 Å². The molecular weight excluding hydrogens is 1030 g/mol. The number of amides is 4. The molecule has 4 aromatic rings. The Kier molecular flexibility index (Phi) is 22.6. The molecule has 2 fully saturated rings. The summed E-state index contributed by atoms with van der Waals surface area (Å²) in [6.07, 6.45) is 2.27. The van der Waals surface area contributed by atoms with E-state index in [-0.39, 0.29) is 67.9 Å². The first kappa shape index (κ1) is 63.4. The highest BCUT2D eigenvalue weighted by Gasteiger charge is 2.43. The number of aryl methyl sites for hydroxylation is 2. The number of carboxylic acids is 1. The summed E-state index contributed by atoms with van der Waals surface area (Å²) >= 11 is 0. The van der Waals surface area contributed by atoms with E-state index < -0.39 is 70.9 Å². The predicted octanol–water partition coefficient (Wildman–Crippen LogP) is 8.91. The lowest BCUT2D eigenvalue weighted by Crippen LogP contribution is -2.57. The van der Waals surface area contributed by atoms with Crippen LogP contribution in [0.4, 0.5) is 18.4 Å². The fourth-order valence-electron chi connectivity index (χ4n) is 9.91. The number of aliphatic carboxylic acids is 1. The van der Waals surface area contributed by atoms with Gasteiger partial charge in [-0.15, -0.1) is 0 Å². The zero-order valence-electron chi connectivity index (χ0n) is 48.5. The number of hydrogen-bond acceptors (Lipinski definition) is 13. The van der Waals surface area contributed by atoms with Gasteiger partial charge in [-0.3, -0.25) is 19.2 Å². The van der Waals surface area contributed by atoms with Crippen molar-refractivity contribution in [1.82, 2.24) is 38.7 Å². The van der Waals surface area contributed by atoms with Gasteiger partial charge < -0.3 is 57.5 Å². The van der Waals surface area contributed by atoms with E-state index in [1.165, 1.54) is 41.2 Å². The molecule has 438 valence electrons. The lowest BCUT2D eigenvalue weighted by atomic mass is 9.92. The van der Waals surface area contributed by atoms with Crippen molar-refractivity contribution in [2.45, 2.75) is 144 Å². The van der Waals surface area contributed by atoms with Gasteiger partial charge >= 0.3 is 24.1 Å². The van der Waals surface area contributed by atoms with Gasteiger partial charge in [0.1, 0.15) is 22.8 Å². The van der Waals surface area contributed by atoms with Gasteiger partial charge in [-0.1, -0.05) is 27.7 Å². The van der Waals surface area contributed by atoms with Crippen LogP contribution in [0.15, 0.2) is 36.4 Å². The second-order valence-electron chi connectivity index (χ2n) is 23.3. The minimum absolute atomic E-state index is 0.00173. The normalized spacial score (nSPS) is 17.9. The molecule has 20 nitrogen and oxygen atoms in total. The van der Waals surface area contributed by atoms with Gasteiger partial charge in [0.05, 0.1) is 53.1 Å². The van der Waals surface area contributed by atoms with Gasteiger partial charge in [-0.05, 0) is 128 Å². The fourth-order valence-corrected chi connectivity index (χ4v) is 9.91. The van der Waals surface area contributed by atoms with Crippen LogP contribution in [-0.2, 0) is 46.4 Å². The molecule has 0 spiro atoms. The van der Waals surface area contributed by atoms with Crippen molar-refractivity contribution >= 4 is 58.0 Å². The number of nitrogens with zero attached hydrogens (tertiary/aromatic N) is 8. The van der Waals surface area contributed by atoms with Gasteiger partial charge in [0.15, 0.2) is 11.6 Å². The molecule has 2 aliphatic heterocycles. The number of hydrogen-bond donors (Lipinski definition) is 1. The molecule has 0 aliphatic carbocycles. The third kappa shape index (κ3) is 17.8. The third-order valence-corrected chi connectivity index (χ3v) is 13.3. The molecule has 2 aliphatic rings. The number of fused-ring (bicyclic) bond motifs is 2. The number of ether oxygens (including phenoxy) is 5. The lowest BCUT2D eigenvalue weighted by molar-refractivity contribution is -0.148. The highest BCUT2D eigenvalue weighted by atomic mass is 19.1. The van der Waals surface area contributed by atoms with Crippen LogP contribution in [-0.4, -0.2) is 177 Å². The Morgan fingerprint density at radius 1 is 0.620 bits per heavy atom. The van der Waals surface area contributed by atoms with Crippen molar-refractivity contribution in [1.29, 1.82) is 0 Å². The smallest absolute Gasteiger partial charge is 0.410 e. The number of halogens is 2. The second kappa shape index (κ2) is 28.1. The number of imidazole rings is 2. The standard InChI is InChI=1S/C29H43FN4O6.C28H41FN4O6/c1-19(2)16-34(22-14-20(27(36)39-7)17-32(18-22)28(37)40-29(3,4)5)26(35)25-31-23-11-10-21(30)15-24(23)33(25)12-8-9-13-38-6;1-18(2)15-33(21-13-19(26(35)36)16-31(17-21)27(37)39-28(3,4)5)25(34)24-30-22-10-9-20(29)14-23(22)32(24)11-7-8-12-38-6/h10-11,15,19-20,22H,8-9,12-14,16-18H2,1-7H3;9-10,14,18-19,21H,7-8,11-13,15-17H2,1-6H3,(H,35,36)/t20-,22+;19-,21+/m11/s1.